The SMILES string of the molecule is CCCCCCCCCCNCC(C)C#N. The summed E-state index contributed by atoms with van der Waals surface area (Å²) in [5.74, 6) is 0.147. The number of nitriles is 1. The van der Waals surface area contributed by atoms with E-state index >= 15 is 0 Å². The van der Waals surface area contributed by atoms with E-state index in [9.17, 15) is 0 Å². The summed E-state index contributed by atoms with van der Waals surface area (Å²) in [6.07, 6.45) is 10.9. The number of hydrogen-bond acceptors (Lipinski definition) is 2. The van der Waals surface area contributed by atoms with Gasteiger partial charge in [0.05, 0.1) is 12.0 Å². The highest BCUT2D eigenvalue weighted by Gasteiger charge is 1.97. The van der Waals surface area contributed by atoms with E-state index in [1.165, 1.54) is 51.4 Å². The Kier molecular flexibility index (Phi) is 12.1. The Morgan fingerprint density at radius 1 is 1.00 bits per heavy atom. The molecular formula is C14H28N2. The molecule has 0 aromatic heterocycles. The molecule has 0 aliphatic carbocycles. The smallest absolute Gasteiger partial charge is 0.0666 e. The van der Waals surface area contributed by atoms with Crippen molar-refractivity contribution in [2.45, 2.75) is 65.2 Å². The van der Waals surface area contributed by atoms with E-state index in [0.29, 0.717) is 0 Å². The Morgan fingerprint density at radius 2 is 1.56 bits per heavy atom. The summed E-state index contributed by atoms with van der Waals surface area (Å²) in [4.78, 5) is 0. The van der Waals surface area contributed by atoms with Crippen molar-refractivity contribution >= 4 is 0 Å². The molecule has 0 heterocycles. The van der Waals surface area contributed by atoms with E-state index in [1.807, 2.05) is 6.92 Å². The summed E-state index contributed by atoms with van der Waals surface area (Å²) in [5, 5.41) is 11.9. The molecule has 0 aliphatic heterocycles. The van der Waals surface area contributed by atoms with Crippen LogP contribution in [-0.2, 0) is 0 Å². The molecule has 16 heavy (non-hydrogen) atoms. The van der Waals surface area contributed by atoms with Crippen LogP contribution in [-0.4, -0.2) is 13.1 Å². The number of unbranched alkanes of at least 4 members (excludes halogenated alkanes) is 7. The Hall–Kier alpha value is -0.550. The molecule has 1 N–H and O–H groups in total. The summed E-state index contributed by atoms with van der Waals surface area (Å²) in [7, 11) is 0. The molecule has 1 atom stereocenters. The number of nitrogens with one attached hydrogen (secondary N) is 1. The quantitative estimate of drug-likeness (QED) is 0.541. The maximum atomic E-state index is 8.59. The lowest BCUT2D eigenvalue weighted by atomic mass is 10.1. The monoisotopic (exact) mass is 224 g/mol. The van der Waals surface area contributed by atoms with Gasteiger partial charge in [0.15, 0.2) is 0 Å². The zero-order valence-electron chi connectivity index (χ0n) is 11.1. The van der Waals surface area contributed by atoms with Crippen LogP contribution >= 0.6 is 0 Å². The highest BCUT2D eigenvalue weighted by atomic mass is 14.8. The molecule has 0 aromatic rings. The Morgan fingerprint density at radius 3 is 2.12 bits per heavy atom. The predicted octanol–water partition coefficient (Wildman–Crippen LogP) is 3.88. The van der Waals surface area contributed by atoms with Gasteiger partial charge in [0.1, 0.15) is 0 Å². The van der Waals surface area contributed by atoms with E-state index in [-0.39, 0.29) is 5.92 Å². The van der Waals surface area contributed by atoms with E-state index in [0.717, 1.165) is 13.1 Å². The summed E-state index contributed by atoms with van der Waals surface area (Å²) >= 11 is 0. The number of nitrogens with zero attached hydrogens (tertiary/aromatic N) is 1. The molecule has 0 aromatic carbocycles. The van der Waals surface area contributed by atoms with Gasteiger partial charge >= 0.3 is 0 Å². The predicted molar refractivity (Wildman–Crippen MR) is 70.3 cm³/mol. The van der Waals surface area contributed by atoms with E-state index in [1.54, 1.807) is 0 Å². The third-order valence-electron chi connectivity index (χ3n) is 2.88. The van der Waals surface area contributed by atoms with Crippen LogP contribution < -0.4 is 5.32 Å². The van der Waals surface area contributed by atoms with E-state index in [4.69, 9.17) is 5.26 Å². The molecule has 0 bridgehead atoms. The van der Waals surface area contributed by atoms with Crippen LogP contribution in [0.25, 0.3) is 0 Å². The minimum absolute atomic E-state index is 0.147. The van der Waals surface area contributed by atoms with Crippen LogP contribution in [0.15, 0.2) is 0 Å². The van der Waals surface area contributed by atoms with Gasteiger partial charge in [-0.1, -0.05) is 51.9 Å². The molecule has 0 rings (SSSR count). The van der Waals surface area contributed by atoms with Crippen LogP contribution in [0.1, 0.15) is 65.2 Å². The minimum atomic E-state index is 0.147. The third kappa shape index (κ3) is 11.5. The molecule has 0 fully saturated rings. The second-order valence-corrected chi connectivity index (χ2v) is 4.71. The van der Waals surface area contributed by atoms with Crippen LogP contribution in [0, 0.1) is 17.2 Å². The fraction of sp³-hybridized carbons (Fsp3) is 0.929. The molecule has 0 radical (unpaired) electrons. The first-order valence-corrected chi connectivity index (χ1v) is 6.91. The Balaban J connectivity index is 2.96. The standard InChI is InChI=1S/C14H28N2/c1-3-4-5-6-7-8-9-10-11-16-13-14(2)12-15/h14,16H,3-11,13H2,1-2H3. The van der Waals surface area contributed by atoms with Crippen molar-refractivity contribution in [2.75, 3.05) is 13.1 Å². The maximum absolute atomic E-state index is 8.59. The Labute approximate surface area is 101 Å². The van der Waals surface area contributed by atoms with Crippen molar-refractivity contribution < 1.29 is 0 Å². The van der Waals surface area contributed by atoms with Gasteiger partial charge in [-0.25, -0.2) is 0 Å². The third-order valence-corrected chi connectivity index (χ3v) is 2.88. The van der Waals surface area contributed by atoms with E-state index < -0.39 is 0 Å². The van der Waals surface area contributed by atoms with Crippen molar-refractivity contribution in [1.82, 2.24) is 5.32 Å². The van der Waals surface area contributed by atoms with E-state index in [2.05, 4.69) is 18.3 Å². The molecule has 2 heteroatoms. The minimum Gasteiger partial charge on any atom is -0.315 e. The number of hydrogen-bond donors (Lipinski definition) is 1. The molecule has 0 spiro atoms. The highest BCUT2D eigenvalue weighted by molar-refractivity contribution is 4.79. The molecule has 0 amide bonds. The Bertz CT molecular complexity index is 172. The van der Waals surface area contributed by atoms with Crippen LogP contribution in [0.2, 0.25) is 0 Å². The van der Waals surface area contributed by atoms with Gasteiger partial charge in [-0.3, -0.25) is 0 Å². The lowest BCUT2D eigenvalue weighted by Crippen LogP contribution is -2.21. The largest absolute Gasteiger partial charge is 0.315 e. The molecular weight excluding hydrogens is 196 g/mol. The second-order valence-electron chi connectivity index (χ2n) is 4.71. The van der Waals surface area contributed by atoms with Gasteiger partial charge in [0.2, 0.25) is 0 Å². The van der Waals surface area contributed by atoms with Crippen LogP contribution in [0.4, 0.5) is 0 Å². The van der Waals surface area contributed by atoms with Crippen molar-refractivity contribution in [2.24, 2.45) is 5.92 Å². The molecule has 94 valence electrons. The van der Waals surface area contributed by atoms with Gasteiger partial charge in [-0.05, 0) is 19.9 Å². The van der Waals surface area contributed by atoms with Gasteiger partial charge < -0.3 is 5.32 Å². The summed E-state index contributed by atoms with van der Waals surface area (Å²) in [5.41, 5.74) is 0. The van der Waals surface area contributed by atoms with Crippen molar-refractivity contribution in [3.63, 3.8) is 0 Å². The zero-order valence-corrected chi connectivity index (χ0v) is 11.1. The first-order valence-electron chi connectivity index (χ1n) is 6.91. The average Bonchev–Trinajstić information content (AvgIpc) is 2.31. The van der Waals surface area contributed by atoms with Crippen molar-refractivity contribution in [3.8, 4) is 6.07 Å². The second kappa shape index (κ2) is 12.5. The molecule has 1 unspecified atom stereocenters. The fourth-order valence-electron chi connectivity index (χ4n) is 1.75. The normalized spacial score (nSPS) is 12.3. The van der Waals surface area contributed by atoms with Crippen LogP contribution in [0.3, 0.4) is 0 Å². The summed E-state index contributed by atoms with van der Waals surface area (Å²) < 4.78 is 0. The number of rotatable bonds is 11. The zero-order chi connectivity index (χ0) is 12.1. The topological polar surface area (TPSA) is 35.8 Å². The van der Waals surface area contributed by atoms with Gasteiger partial charge in [-0.15, -0.1) is 0 Å². The first-order chi connectivity index (χ1) is 7.81. The lowest BCUT2D eigenvalue weighted by molar-refractivity contribution is 0.539. The molecule has 0 saturated carbocycles. The van der Waals surface area contributed by atoms with Crippen LogP contribution in [0.5, 0.6) is 0 Å². The van der Waals surface area contributed by atoms with Gasteiger partial charge in [0, 0.05) is 6.54 Å². The van der Waals surface area contributed by atoms with Gasteiger partial charge in [0.25, 0.3) is 0 Å². The molecule has 0 saturated heterocycles. The summed E-state index contributed by atoms with van der Waals surface area (Å²) in [6, 6.07) is 2.23. The first kappa shape index (κ1) is 15.4. The van der Waals surface area contributed by atoms with Crippen molar-refractivity contribution in [3.05, 3.63) is 0 Å². The molecule has 2 nitrogen and oxygen atoms in total. The van der Waals surface area contributed by atoms with Crippen molar-refractivity contribution in [1.29, 1.82) is 5.26 Å². The summed E-state index contributed by atoms with van der Waals surface area (Å²) in [6.45, 7) is 6.13. The highest BCUT2D eigenvalue weighted by Crippen LogP contribution is 2.07. The van der Waals surface area contributed by atoms with Gasteiger partial charge in [-0.2, -0.15) is 5.26 Å². The maximum Gasteiger partial charge on any atom is 0.0666 e. The molecule has 0 aliphatic rings. The lowest BCUT2D eigenvalue weighted by Gasteiger charge is -2.05. The fourth-order valence-corrected chi connectivity index (χ4v) is 1.75. The average molecular weight is 224 g/mol.